The Hall–Kier alpha value is -1.72. The fourth-order valence-corrected chi connectivity index (χ4v) is 1.74. The first-order valence-corrected chi connectivity index (χ1v) is 6.11. The highest BCUT2D eigenvalue weighted by Crippen LogP contribution is 2.29. The highest BCUT2D eigenvalue weighted by molar-refractivity contribution is 5.95. The first-order chi connectivity index (χ1) is 8.62. The van der Waals surface area contributed by atoms with E-state index in [0.29, 0.717) is 12.8 Å². The zero-order valence-electron chi connectivity index (χ0n) is 11.5. The average molecular weight is 270 g/mol. The lowest BCUT2D eigenvalue weighted by Crippen LogP contribution is -2.30. The van der Waals surface area contributed by atoms with Crippen LogP contribution in [0.5, 0.6) is 0 Å². The summed E-state index contributed by atoms with van der Waals surface area (Å²) in [7, 11) is 0. The van der Waals surface area contributed by atoms with Gasteiger partial charge >= 0.3 is 23.9 Å². The molecule has 2 atom stereocenters. The first-order valence-electron chi connectivity index (χ1n) is 6.11. The van der Waals surface area contributed by atoms with Crippen LogP contribution in [0.25, 0.3) is 0 Å². The fraction of sp³-hybridized carbons (Fsp3) is 0.692. The molecule has 2 unspecified atom stereocenters. The molecule has 2 heterocycles. The van der Waals surface area contributed by atoms with Crippen LogP contribution >= 0.6 is 0 Å². The van der Waals surface area contributed by atoms with Gasteiger partial charge in [0, 0.05) is 0 Å². The molecule has 2 fully saturated rings. The molecule has 0 aromatic carbocycles. The third kappa shape index (κ3) is 4.15. The van der Waals surface area contributed by atoms with Crippen LogP contribution in [0, 0.1) is 17.3 Å². The Balaban J connectivity index is 0.000000191. The Morgan fingerprint density at radius 3 is 1.42 bits per heavy atom. The van der Waals surface area contributed by atoms with Gasteiger partial charge in [-0.15, -0.1) is 0 Å². The third-order valence-corrected chi connectivity index (χ3v) is 3.17. The quantitative estimate of drug-likeness (QED) is 0.486. The van der Waals surface area contributed by atoms with Crippen LogP contribution < -0.4 is 0 Å². The summed E-state index contributed by atoms with van der Waals surface area (Å²) in [4.78, 5) is 42.4. The minimum atomic E-state index is -0.402. The molecule has 0 spiro atoms. The number of ether oxygens (including phenoxy) is 2. The molecular formula is C13H18O6. The van der Waals surface area contributed by atoms with Gasteiger partial charge in [-0.25, -0.2) is 0 Å². The van der Waals surface area contributed by atoms with Crippen molar-refractivity contribution in [1.82, 2.24) is 0 Å². The summed E-state index contributed by atoms with van der Waals surface area (Å²) >= 11 is 0. The van der Waals surface area contributed by atoms with Gasteiger partial charge in [0.2, 0.25) is 0 Å². The molecule has 2 aliphatic heterocycles. The summed E-state index contributed by atoms with van der Waals surface area (Å²) in [5, 5.41) is 0. The van der Waals surface area contributed by atoms with Crippen molar-refractivity contribution < 1.29 is 28.7 Å². The van der Waals surface area contributed by atoms with Crippen LogP contribution in [-0.2, 0) is 28.7 Å². The van der Waals surface area contributed by atoms with E-state index >= 15 is 0 Å². The van der Waals surface area contributed by atoms with Gasteiger partial charge in [0.25, 0.3) is 0 Å². The lowest BCUT2D eigenvalue weighted by molar-refractivity contribution is -0.168. The van der Waals surface area contributed by atoms with Crippen LogP contribution in [-0.4, -0.2) is 23.9 Å². The molecule has 0 N–H and O–H groups in total. The monoisotopic (exact) mass is 270 g/mol. The first kappa shape index (κ1) is 15.3. The SMILES string of the molecule is CC1(C)CC(=O)OC(=O)C1.CC1C(=O)OC(=O)C1C. The Bertz CT molecular complexity index is 387. The van der Waals surface area contributed by atoms with Crippen LogP contribution in [0.3, 0.4) is 0 Å². The molecule has 0 aromatic rings. The summed E-state index contributed by atoms with van der Waals surface area (Å²) in [6, 6.07) is 0. The van der Waals surface area contributed by atoms with Gasteiger partial charge in [0.15, 0.2) is 0 Å². The molecule has 106 valence electrons. The minimum Gasteiger partial charge on any atom is -0.393 e. The van der Waals surface area contributed by atoms with E-state index in [1.807, 2.05) is 13.8 Å². The summed E-state index contributed by atoms with van der Waals surface area (Å²) in [5.41, 5.74) is -0.202. The maximum atomic E-state index is 10.6. The molecule has 2 aliphatic rings. The molecule has 6 nitrogen and oxygen atoms in total. The van der Waals surface area contributed by atoms with Crippen molar-refractivity contribution in [2.24, 2.45) is 17.3 Å². The van der Waals surface area contributed by atoms with Gasteiger partial charge < -0.3 is 9.47 Å². The second-order valence-corrected chi connectivity index (χ2v) is 5.68. The van der Waals surface area contributed by atoms with Crippen molar-refractivity contribution >= 4 is 23.9 Å². The van der Waals surface area contributed by atoms with Gasteiger partial charge in [-0.1, -0.05) is 27.7 Å². The van der Waals surface area contributed by atoms with Crippen LogP contribution in [0.2, 0.25) is 0 Å². The van der Waals surface area contributed by atoms with E-state index in [2.05, 4.69) is 9.47 Å². The molecule has 0 amide bonds. The summed E-state index contributed by atoms with van der Waals surface area (Å²) in [6.07, 6.45) is 0.692. The predicted octanol–water partition coefficient (Wildman–Crippen LogP) is 1.22. The number of esters is 4. The number of carbonyl (C=O) groups is 4. The average Bonchev–Trinajstić information content (AvgIpc) is 2.43. The fourth-order valence-electron chi connectivity index (χ4n) is 1.74. The lowest BCUT2D eigenvalue weighted by atomic mass is 9.84. The number of rotatable bonds is 0. The smallest absolute Gasteiger partial charge is 0.317 e. The normalized spacial score (nSPS) is 29.3. The maximum absolute atomic E-state index is 10.6. The van der Waals surface area contributed by atoms with E-state index in [4.69, 9.17) is 0 Å². The molecule has 2 saturated heterocycles. The highest BCUT2D eigenvalue weighted by atomic mass is 16.6. The molecule has 2 rings (SSSR count). The van der Waals surface area contributed by atoms with Crippen molar-refractivity contribution in [3.05, 3.63) is 0 Å². The van der Waals surface area contributed by atoms with E-state index in [1.165, 1.54) is 0 Å². The zero-order valence-corrected chi connectivity index (χ0v) is 11.5. The summed E-state index contributed by atoms with van der Waals surface area (Å²) in [5.74, 6) is -2.10. The van der Waals surface area contributed by atoms with E-state index in [0.717, 1.165) is 0 Å². The minimum absolute atomic E-state index is 0.202. The van der Waals surface area contributed by atoms with Crippen LogP contribution in [0.1, 0.15) is 40.5 Å². The molecule has 0 saturated carbocycles. The van der Waals surface area contributed by atoms with Crippen LogP contribution in [0.4, 0.5) is 0 Å². The standard InChI is InChI=1S/C7H10O3.C6H8O3/c1-7(2)3-5(8)10-6(9)4-7;1-3-4(2)6(8)9-5(3)7/h3-4H2,1-2H3;3-4H,1-2H3. The number of hydrogen-bond donors (Lipinski definition) is 0. The molecule has 19 heavy (non-hydrogen) atoms. The maximum Gasteiger partial charge on any atom is 0.317 e. The lowest BCUT2D eigenvalue weighted by Gasteiger charge is -2.25. The topological polar surface area (TPSA) is 86.7 Å². The number of cyclic esters (lactones) is 4. The van der Waals surface area contributed by atoms with Crippen LogP contribution in [0.15, 0.2) is 0 Å². The molecule has 0 radical (unpaired) electrons. The second-order valence-electron chi connectivity index (χ2n) is 5.68. The zero-order chi connectivity index (χ0) is 14.8. The van der Waals surface area contributed by atoms with E-state index in [-0.39, 0.29) is 17.3 Å². The number of hydrogen-bond acceptors (Lipinski definition) is 6. The van der Waals surface area contributed by atoms with Crippen molar-refractivity contribution in [3.63, 3.8) is 0 Å². The van der Waals surface area contributed by atoms with Crippen molar-refractivity contribution in [2.45, 2.75) is 40.5 Å². The molecule has 6 heteroatoms. The Labute approximate surface area is 111 Å². The Morgan fingerprint density at radius 1 is 0.842 bits per heavy atom. The van der Waals surface area contributed by atoms with Gasteiger partial charge in [-0.05, 0) is 5.41 Å². The molecule has 0 bridgehead atoms. The van der Waals surface area contributed by atoms with Crippen molar-refractivity contribution in [1.29, 1.82) is 0 Å². The number of carbonyl (C=O) groups excluding carboxylic acids is 4. The Kier molecular flexibility index (Phi) is 4.44. The molecular weight excluding hydrogens is 252 g/mol. The summed E-state index contributed by atoms with van der Waals surface area (Å²) in [6.45, 7) is 7.15. The van der Waals surface area contributed by atoms with E-state index in [9.17, 15) is 19.2 Å². The van der Waals surface area contributed by atoms with Gasteiger partial charge in [0.05, 0.1) is 24.7 Å². The van der Waals surface area contributed by atoms with Gasteiger partial charge in [-0.3, -0.25) is 19.2 Å². The van der Waals surface area contributed by atoms with Crippen molar-refractivity contribution in [2.75, 3.05) is 0 Å². The molecule has 0 aromatic heterocycles. The molecule has 0 aliphatic carbocycles. The Morgan fingerprint density at radius 2 is 1.21 bits per heavy atom. The van der Waals surface area contributed by atoms with E-state index in [1.54, 1.807) is 13.8 Å². The highest BCUT2D eigenvalue weighted by Gasteiger charge is 2.37. The largest absolute Gasteiger partial charge is 0.393 e. The third-order valence-electron chi connectivity index (χ3n) is 3.17. The summed E-state index contributed by atoms with van der Waals surface area (Å²) < 4.78 is 8.65. The van der Waals surface area contributed by atoms with E-state index < -0.39 is 23.9 Å². The predicted molar refractivity (Wildman–Crippen MR) is 63.5 cm³/mol. The van der Waals surface area contributed by atoms with Gasteiger partial charge in [0.1, 0.15) is 0 Å². The second kappa shape index (κ2) is 5.50. The van der Waals surface area contributed by atoms with Crippen molar-refractivity contribution in [3.8, 4) is 0 Å². The van der Waals surface area contributed by atoms with Gasteiger partial charge in [-0.2, -0.15) is 0 Å².